The number of nitrogens with zero attached hydrogens (tertiary/aromatic N) is 1. The molecule has 0 aromatic heterocycles. The zero-order valence-corrected chi connectivity index (χ0v) is 9.78. The molecule has 0 bridgehead atoms. The lowest BCUT2D eigenvalue weighted by atomic mass is 9.97. The van der Waals surface area contributed by atoms with Crippen LogP contribution in [0.25, 0.3) is 0 Å². The van der Waals surface area contributed by atoms with E-state index >= 15 is 0 Å². The van der Waals surface area contributed by atoms with E-state index in [-0.39, 0.29) is 11.9 Å². The molecule has 1 atom stereocenters. The molecule has 2 aliphatic rings. The number of carbonyl (C=O) groups excluding carboxylic acids is 1. The van der Waals surface area contributed by atoms with Gasteiger partial charge >= 0.3 is 0 Å². The van der Waals surface area contributed by atoms with Gasteiger partial charge in [-0.15, -0.1) is 0 Å². The summed E-state index contributed by atoms with van der Waals surface area (Å²) in [5.41, 5.74) is 8.62. The van der Waals surface area contributed by atoms with Crippen molar-refractivity contribution >= 4 is 17.3 Å². The Labute approximate surface area is 101 Å². The number of likely N-dealkylation sites (tertiary alicyclic amines) is 1. The first-order chi connectivity index (χ1) is 8.24. The first kappa shape index (κ1) is 10.6. The average Bonchev–Trinajstić information content (AvgIpc) is 2.82. The van der Waals surface area contributed by atoms with Crippen molar-refractivity contribution in [2.24, 2.45) is 0 Å². The molecule has 17 heavy (non-hydrogen) atoms. The molecule has 1 amide bonds. The van der Waals surface area contributed by atoms with Gasteiger partial charge in [-0.3, -0.25) is 9.69 Å². The molecule has 0 saturated carbocycles. The van der Waals surface area contributed by atoms with E-state index in [1.54, 1.807) is 0 Å². The molecule has 1 aromatic carbocycles. The van der Waals surface area contributed by atoms with Crippen LogP contribution in [0.3, 0.4) is 0 Å². The molecule has 1 fully saturated rings. The number of anilines is 2. The van der Waals surface area contributed by atoms with Gasteiger partial charge in [-0.05, 0) is 56.1 Å². The first-order valence-corrected chi connectivity index (χ1v) is 6.17. The first-order valence-electron chi connectivity index (χ1n) is 6.17. The second kappa shape index (κ2) is 4.04. The molecule has 1 aromatic rings. The summed E-state index contributed by atoms with van der Waals surface area (Å²) >= 11 is 0. The maximum absolute atomic E-state index is 12.0. The average molecular weight is 231 g/mol. The van der Waals surface area contributed by atoms with Gasteiger partial charge in [0.05, 0.1) is 6.04 Å². The van der Waals surface area contributed by atoms with Crippen LogP contribution in [0.1, 0.15) is 18.4 Å². The summed E-state index contributed by atoms with van der Waals surface area (Å²) in [7, 11) is 0. The fourth-order valence-electron chi connectivity index (χ4n) is 2.77. The molecule has 0 aliphatic carbocycles. The molecule has 2 heterocycles. The van der Waals surface area contributed by atoms with Gasteiger partial charge in [-0.1, -0.05) is 0 Å². The molecule has 1 saturated heterocycles. The molecule has 4 heteroatoms. The number of hydrogen-bond donors (Lipinski definition) is 2. The maximum atomic E-state index is 12.0. The lowest BCUT2D eigenvalue weighted by Crippen LogP contribution is -2.46. The Hall–Kier alpha value is -1.55. The van der Waals surface area contributed by atoms with Gasteiger partial charge in [0.15, 0.2) is 0 Å². The van der Waals surface area contributed by atoms with Crippen molar-refractivity contribution in [1.82, 2.24) is 4.90 Å². The molecular formula is C13H17N3O. The van der Waals surface area contributed by atoms with Crippen molar-refractivity contribution in [3.8, 4) is 0 Å². The second-order valence-electron chi connectivity index (χ2n) is 4.87. The number of nitrogens with two attached hydrogens (primary N) is 1. The minimum Gasteiger partial charge on any atom is -0.399 e. The van der Waals surface area contributed by atoms with E-state index in [9.17, 15) is 4.79 Å². The Morgan fingerprint density at radius 1 is 1.29 bits per heavy atom. The van der Waals surface area contributed by atoms with Gasteiger partial charge in [0.2, 0.25) is 5.91 Å². The molecule has 90 valence electrons. The lowest BCUT2D eigenvalue weighted by molar-refractivity contribution is -0.121. The molecule has 1 unspecified atom stereocenters. The fourth-order valence-corrected chi connectivity index (χ4v) is 2.77. The van der Waals surface area contributed by atoms with Crippen LogP contribution in [0.5, 0.6) is 0 Å². The summed E-state index contributed by atoms with van der Waals surface area (Å²) < 4.78 is 0. The van der Waals surface area contributed by atoms with Crippen LogP contribution in [0, 0.1) is 0 Å². The zero-order valence-electron chi connectivity index (χ0n) is 9.78. The van der Waals surface area contributed by atoms with Crippen LogP contribution >= 0.6 is 0 Å². The molecular weight excluding hydrogens is 214 g/mol. The van der Waals surface area contributed by atoms with Crippen molar-refractivity contribution in [3.05, 3.63) is 23.8 Å². The molecule has 3 N–H and O–H groups in total. The SMILES string of the molecule is Nc1ccc2c(c1)CC(N1CCCC1)C(=O)N2. The Morgan fingerprint density at radius 3 is 2.82 bits per heavy atom. The van der Waals surface area contributed by atoms with Crippen LogP contribution in [0.2, 0.25) is 0 Å². The third-order valence-corrected chi connectivity index (χ3v) is 3.68. The highest BCUT2D eigenvalue weighted by molar-refractivity contribution is 5.98. The van der Waals surface area contributed by atoms with Crippen molar-refractivity contribution in [2.75, 3.05) is 24.1 Å². The number of nitrogen functional groups attached to an aromatic ring is 1. The summed E-state index contributed by atoms with van der Waals surface area (Å²) in [6.45, 7) is 2.07. The van der Waals surface area contributed by atoms with Crippen molar-refractivity contribution in [1.29, 1.82) is 0 Å². The number of fused-ring (bicyclic) bond motifs is 1. The molecule has 0 spiro atoms. The van der Waals surface area contributed by atoms with Crippen molar-refractivity contribution in [3.63, 3.8) is 0 Å². The maximum Gasteiger partial charge on any atom is 0.242 e. The molecule has 2 aliphatic heterocycles. The van der Waals surface area contributed by atoms with Crippen LogP contribution in [-0.2, 0) is 11.2 Å². The number of benzene rings is 1. The van der Waals surface area contributed by atoms with Gasteiger partial charge in [-0.2, -0.15) is 0 Å². The summed E-state index contributed by atoms with van der Waals surface area (Å²) in [5, 5.41) is 2.98. The summed E-state index contributed by atoms with van der Waals surface area (Å²) in [6, 6.07) is 5.68. The second-order valence-corrected chi connectivity index (χ2v) is 4.87. The molecule has 4 nitrogen and oxygen atoms in total. The van der Waals surface area contributed by atoms with E-state index in [0.717, 1.165) is 36.4 Å². The van der Waals surface area contributed by atoms with E-state index in [1.165, 1.54) is 12.8 Å². The standard InChI is InChI=1S/C13H17N3O/c14-10-3-4-11-9(7-10)8-12(13(17)15-11)16-5-1-2-6-16/h3-4,7,12H,1-2,5-6,8,14H2,(H,15,17). The van der Waals surface area contributed by atoms with E-state index in [0.29, 0.717) is 0 Å². The zero-order chi connectivity index (χ0) is 11.8. The van der Waals surface area contributed by atoms with Crippen molar-refractivity contribution < 1.29 is 4.79 Å². The van der Waals surface area contributed by atoms with Crippen LogP contribution in [0.4, 0.5) is 11.4 Å². The van der Waals surface area contributed by atoms with Crippen LogP contribution < -0.4 is 11.1 Å². The Kier molecular flexibility index (Phi) is 2.52. The summed E-state index contributed by atoms with van der Waals surface area (Å²) in [6.07, 6.45) is 3.19. The summed E-state index contributed by atoms with van der Waals surface area (Å²) in [5.74, 6) is 0.129. The Bertz CT molecular complexity index is 452. The smallest absolute Gasteiger partial charge is 0.242 e. The highest BCUT2D eigenvalue weighted by Crippen LogP contribution is 2.28. The third-order valence-electron chi connectivity index (χ3n) is 3.68. The molecule has 3 rings (SSSR count). The number of nitrogens with one attached hydrogen (secondary N) is 1. The van der Waals surface area contributed by atoms with Gasteiger partial charge in [0.25, 0.3) is 0 Å². The predicted molar refractivity (Wildman–Crippen MR) is 67.8 cm³/mol. The minimum absolute atomic E-state index is 0.00759. The van der Waals surface area contributed by atoms with E-state index in [1.807, 2.05) is 18.2 Å². The largest absolute Gasteiger partial charge is 0.399 e. The number of carbonyl (C=O) groups is 1. The van der Waals surface area contributed by atoms with Gasteiger partial charge in [-0.25, -0.2) is 0 Å². The summed E-state index contributed by atoms with van der Waals surface area (Å²) in [4.78, 5) is 14.3. The Balaban J connectivity index is 1.88. The normalized spacial score (nSPS) is 24.5. The van der Waals surface area contributed by atoms with E-state index in [2.05, 4.69) is 10.2 Å². The van der Waals surface area contributed by atoms with E-state index < -0.39 is 0 Å². The fraction of sp³-hybridized carbons (Fsp3) is 0.462. The van der Waals surface area contributed by atoms with E-state index in [4.69, 9.17) is 5.73 Å². The minimum atomic E-state index is -0.00759. The lowest BCUT2D eigenvalue weighted by Gasteiger charge is -2.31. The van der Waals surface area contributed by atoms with Crippen LogP contribution in [-0.4, -0.2) is 29.9 Å². The van der Waals surface area contributed by atoms with Gasteiger partial charge in [0.1, 0.15) is 0 Å². The highest BCUT2D eigenvalue weighted by Gasteiger charge is 2.32. The number of rotatable bonds is 1. The van der Waals surface area contributed by atoms with Crippen molar-refractivity contribution in [2.45, 2.75) is 25.3 Å². The van der Waals surface area contributed by atoms with Gasteiger partial charge < -0.3 is 11.1 Å². The third kappa shape index (κ3) is 1.89. The molecule has 0 radical (unpaired) electrons. The highest BCUT2D eigenvalue weighted by atomic mass is 16.2. The number of hydrogen-bond acceptors (Lipinski definition) is 3. The van der Waals surface area contributed by atoms with Crippen LogP contribution in [0.15, 0.2) is 18.2 Å². The Morgan fingerprint density at radius 2 is 2.06 bits per heavy atom. The van der Waals surface area contributed by atoms with Gasteiger partial charge in [0, 0.05) is 11.4 Å². The topological polar surface area (TPSA) is 58.4 Å². The number of amides is 1. The monoisotopic (exact) mass is 231 g/mol. The quantitative estimate of drug-likeness (QED) is 0.715. The predicted octanol–water partition coefficient (Wildman–Crippen LogP) is 1.23.